The number of anilines is 1. The minimum Gasteiger partial charge on any atom is -0.454 e. The van der Waals surface area contributed by atoms with E-state index in [1.165, 1.54) is 0 Å². The number of hydrogen-bond donors (Lipinski definition) is 1. The Morgan fingerprint density at radius 2 is 1.74 bits per heavy atom. The molecule has 2 aromatic carbocycles. The first kappa shape index (κ1) is 23.5. The van der Waals surface area contributed by atoms with Gasteiger partial charge in [-0.3, -0.25) is 4.79 Å². The van der Waals surface area contributed by atoms with Crippen LogP contribution in [0.25, 0.3) is 5.78 Å². The molecule has 1 N–H and O–H groups in total. The van der Waals surface area contributed by atoms with Gasteiger partial charge in [-0.05, 0) is 50.1 Å². The zero-order valence-electron chi connectivity index (χ0n) is 18.2. The minimum absolute atomic E-state index is 0.0656. The number of ether oxygens (including phenoxy) is 1. The molecule has 0 unspecified atom stereocenters. The SMILES string of the molecule is Cc1nc2nc(C(F)(F)F)nn2c(C)c1CCC(=O)Nc1ccccc1Oc1ccccc1Cl. The maximum atomic E-state index is 13.0. The Morgan fingerprint density at radius 1 is 1.06 bits per heavy atom. The quantitative estimate of drug-likeness (QED) is 0.371. The van der Waals surface area contributed by atoms with E-state index < -0.39 is 12.0 Å². The fourth-order valence-corrected chi connectivity index (χ4v) is 3.62. The molecule has 0 atom stereocenters. The predicted molar refractivity (Wildman–Crippen MR) is 120 cm³/mol. The van der Waals surface area contributed by atoms with E-state index in [1.807, 2.05) is 0 Å². The van der Waals surface area contributed by atoms with Gasteiger partial charge in [-0.1, -0.05) is 35.9 Å². The maximum Gasteiger partial charge on any atom is 0.453 e. The summed E-state index contributed by atoms with van der Waals surface area (Å²) in [6.45, 7) is 3.28. The van der Waals surface area contributed by atoms with Gasteiger partial charge in [-0.25, -0.2) is 9.50 Å². The highest BCUT2D eigenvalue weighted by Gasteiger charge is 2.37. The first-order valence-electron chi connectivity index (χ1n) is 10.2. The molecule has 11 heteroatoms. The number of alkyl halides is 3. The van der Waals surface area contributed by atoms with E-state index >= 15 is 0 Å². The summed E-state index contributed by atoms with van der Waals surface area (Å²) in [7, 11) is 0. The van der Waals surface area contributed by atoms with Crippen LogP contribution < -0.4 is 10.1 Å². The average Bonchev–Trinajstić information content (AvgIpc) is 3.21. The van der Waals surface area contributed by atoms with Gasteiger partial charge >= 0.3 is 6.18 Å². The molecule has 2 aromatic heterocycles. The molecule has 4 rings (SSSR count). The number of para-hydroxylation sites is 3. The third-order valence-electron chi connectivity index (χ3n) is 5.12. The van der Waals surface area contributed by atoms with Crippen molar-refractivity contribution in [2.75, 3.05) is 5.32 Å². The van der Waals surface area contributed by atoms with Crippen molar-refractivity contribution in [1.29, 1.82) is 0 Å². The second-order valence-electron chi connectivity index (χ2n) is 7.48. The minimum atomic E-state index is -4.67. The van der Waals surface area contributed by atoms with Crippen molar-refractivity contribution >= 4 is 29.0 Å². The lowest BCUT2D eigenvalue weighted by atomic mass is 10.1. The summed E-state index contributed by atoms with van der Waals surface area (Å²) >= 11 is 6.16. The number of carbonyl (C=O) groups is 1. The molecule has 0 bridgehead atoms. The van der Waals surface area contributed by atoms with Crippen LogP contribution in [0.2, 0.25) is 5.02 Å². The topological polar surface area (TPSA) is 81.4 Å². The van der Waals surface area contributed by atoms with Crippen LogP contribution in [-0.4, -0.2) is 25.5 Å². The molecule has 0 aliphatic heterocycles. The largest absolute Gasteiger partial charge is 0.454 e. The fraction of sp³-hybridized carbons (Fsp3) is 0.217. The number of halogens is 4. The van der Waals surface area contributed by atoms with Crippen LogP contribution in [0.3, 0.4) is 0 Å². The van der Waals surface area contributed by atoms with E-state index in [9.17, 15) is 18.0 Å². The number of aromatic nitrogens is 4. The summed E-state index contributed by atoms with van der Waals surface area (Å²) in [5, 5.41) is 6.77. The molecule has 0 fully saturated rings. The first-order valence-corrected chi connectivity index (χ1v) is 10.6. The highest BCUT2D eigenvalue weighted by atomic mass is 35.5. The number of amides is 1. The van der Waals surface area contributed by atoms with Crippen molar-refractivity contribution in [3.63, 3.8) is 0 Å². The number of nitrogens with one attached hydrogen (secondary N) is 1. The number of aryl methyl sites for hydroxylation is 2. The number of carbonyl (C=O) groups excluding carboxylic acids is 1. The van der Waals surface area contributed by atoms with Crippen molar-refractivity contribution in [3.05, 3.63) is 76.3 Å². The summed E-state index contributed by atoms with van der Waals surface area (Å²) in [5.74, 6) is -0.832. The van der Waals surface area contributed by atoms with Crippen molar-refractivity contribution in [1.82, 2.24) is 19.6 Å². The van der Waals surface area contributed by atoms with Gasteiger partial charge in [-0.2, -0.15) is 18.2 Å². The Bertz CT molecular complexity index is 1370. The molecule has 2 heterocycles. The number of nitrogens with zero attached hydrogens (tertiary/aromatic N) is 4. The third-order valence-corrected chi connectivity index (χ3v) is 5.43. The van der Waals surface area contributed by atoms with E-state index in [0.717, 1.165) is 4.52 Å². The Kier molecular flexibility index (Phi) is 6.43. The van der Waals surface area contributed by atoms with E-state index in [0.29, 0.717) is 39.2 Å². The molecule has 0 saturated heterocycles. The molecule has 7 nitrogen and oxygen atoms in total. The highest BCUT2D eigenvalue weighted by Crippen LogP contribution is 2.33. The molecular formula is C23H19ClF3N5O2. The molecule has 0 aliphatic rings. The van der Waals surface area contributed by atoms with Gasteiger partial charge in [0.1, 0.15) is 5.75 Å². The molecule has 0 spiro atoms. The molecule has 34 heavy (non-hydrogen) atoms. The third kappa shape index (κ3) is 4.96. The van der Waals surface area contributed by atoms with Crippen LogP contribution in [-0.2, 0) is 17.4 Å². The van der Waals surface area contributed by atoms with Crippen LogP contribution in [0.4, 0.5) is 18.9 Å². The first-order chi connectivity index (χ1) is 16.1. The molecule has 4 aromatic rings. The summed E-state index contributed by atoms with van der Waals surface area (Å²) in [6.07, 6.45) is -4.36. The highest BCUT2D eigenvalue weighted by molar-refractivity contribution is 6.32. The lowest BCUT2D eigenvalue weighted by Crippen LogP contribution is -2.15. The van der Waals surface area contributed by atoms with Crippen molar-refractivity contribution in [2.45, 2.75) is 32.9 Å². The lowest BCUT2D eigenvalue weighted by molar-refractivity contribution is -0.144. The van der Waals surface area contributed by atoms with E-state index in [1.54, 1.807) is 62.4 Å². The monoisotopic (exact) mass is 489 g/mol. The summed E-state index contributed by atoms with van der Waals surface area (Å²) in [4.78, 5) is 20.3. The van der Waals surface area contributed by atoms with Gasteiger partial charge in [-0.15, -0.1) is 5.10 Å². The smallest absolute Gasteiger partial charge is 0.453 e. The van der Waals surface area contributed by atoms with Gasteiger partial charge in [0.05, 0.1) is 10.7 Å². The summed E-state index contributed by atoms with van der Waals surface area (Å²) < 4.78 is 45.8. The van der Waals surface area contributed by atoms with Gasteiger partial charge in [0.2, 0.25) is 5.91 Å². The second kappa shape index (κ2) is 9.30. The van der Waals surface area contributed by atoms with E-state index in [-0.39, 0.29) is 24.5 Å². The Hall–Kier alpha value is -3.66. The van der Waals surface area contributed by atoms with Crippen molar-refractivity contribution in [3.8, 4) is 11.5 Å². The summed E-state index contributed by atoms with van der Waals surface area (Å²) in [6, 6.07) is 13.9. The summed E-state index contributed by atoms with van der Waals surface area (Å²) in [5.41, 5.74) is 2.02. The number of hydrogen-bond acceptors (Lipinski definition) is 5. The average molecular weight is 490 g/mol. The van der Waals surface area contributed by atoms with Crippen LogP contribution in [0.5, 0.6) is 11.5 Å². The zero-order chi connectivity index (χ0) is 24.5. The van der Waals surface area contributed by atoms with Gasteiger partial charge in [0.15, 0.2) is 5.75 Å². The Labute approximate surface area is 197 Å². The van der Waals surface area contributed by atoms with Gasteiger partial charge in [0.25, 0.3) is 11.6 Å². The van der Waals surface area contributed by atoms with Gasteiger partial charge in [0, 0.05) is 17.8 Å². The number of rotatable bonds is 6. The van der Waals surface area contributed by atoms with Gasteiger partial charge < -0.3 is 10.1 Å². The molecule has 0 radical (unpaired) electrons. The van der Waals surface area contributed by atoms with Crippen molar-refractivity contribution in [2.24, 2.45) is 0 Å². The standard InChI is InChI=1S/C23H19ClF3N5O2/c1-13-15(14(2)32-22(28-13)30-21(31-32)23(25,26)27)11-12-20(33)29-17-8-4-6-10-19(17)34-18-9-5-3-7-16(18)24/h3-10H,11-12H2,1-2H3,(H,29,33). The predicted octanol–water partition coefficient (Wildman–Crippen LogP) is 5.78. The second-order valence-corrected chi connectivity index (χ2v) is 7.89. The van der Waals surface area contributed by atoms with E-state index in [2.05, 4.69) is 20.4 Å². The maximum absolute atomic E-state index is 13.0. The zero-order valence-corrected chi connectivity index (χ0v) is 18.9. The molecular weight excluding hydrogens is 471 g/mol. The van der Waals surface area contributed by atoms with Crippen LogP contribution >= 0.6 is 11.6 Å². The normalized spacial score (nSPS) is 11.6. The molecule has 0 aliphatic carbocycles. The lowest BCUT2D eigenvalue weighted by Gasteiger charge is -2.14. The Balaban J connectivity index is 1.49. The van der Waals surface area contributed by atoms with Crippen LogP contribution in [0.15, 0.2) is 48.5 Å². The Morgan fingerprint density at radius 3 is 2.44 bits per heavy atom. The van der Waals surface area contributed by atoms with Crippen LogP contribution in [0.1, 0.15) is 29.2 Å². The van der Waals surface area contributed by atoms with Crippen molar-refractivity contribution < 1.29 is 22.7 Å². The number of benzene rings is 2. The molecule has 0 saturated carbocycles. The molecule has 1 amide bonds. The van der Waals surface area contributed by atoms with E-state index in [4.69, 9.17) is 16.3 Å². The fourth-order valence-electron chi connectivity index (χ4n) is 3.45. The molecule has 176 valence electrons. The van der Waals surface area contributed by atoms with Crippen LogP contribution in [0, 0.1) is 13.8 Å². The number of fused-ring (bicyclic) bond motifs is 1.